The van der Waals surface area contributed by atoms with E-state index in [-0.39, 0.29) is 42.5 Å². The van der Waals surface area contributed by atoms with Crippen LogP contribution in [0.3, 0.4) is 0 Å². The second-order valence-electron chi connectivity index (χ2n) is 9.79. The molecular weight excluding hydrogens is 560 g/mol. The average Bonchev–Trinajstić information content (AvgIpc) is 3.13. The number of carbonyl (C=O) groups excluding carboxylic acids is 2. The second-order valence-corrected chi connectivity index (χ2v) is 10.8. The molecule has 0 spiro atoms. The maximum absolute atomic E-state index is 15.3. The van der Waals surface area contributed by atoms with Crippen molar-refractivity contribution < 1.29 is 37.3 Å². The maximum Gasteiger partial charge on any atom is 0.510 e. The first-order valence-corrected chi connectivity index (χ1v) is 13.7. The van der Waals surface area contributed by atoms with Gasteiger partial charge in [0.05, 0.1) is 26.4 Å². The van der Waals surface area contributed by atoms with E-state index in [4.69, 9.17) is 14.2 Å². The molecule has 2 atom stereocenters. The molecule has 0 aliphatic carbocycles. The number of aromatic nitrogens is 1. The number of morpholine rings is 1. The Morgan fingerprint density at radius 2 is 1.95 bits per heavy atom. The van der Waals surface area contributed by atoms with Gasteiger partial charge in [-0.25, -0.2) is 13.6 Å². The van der Waals surface area contributed by atoms with Crippen LogP contribution in [0.2, 0.25) is 0 Å². The van der Waals surface area contributed by atoms with Crippen molar-refractivity contribution in [2.75, 3.05) is 38.7 Å². The van der Waals surface area contributed by atoms with Crippen molar-refractivity contribution in [3.05, 3.63) is 92.9 Å². The fourth-order valence-electron chi connectivity index (χ4n) is 5.66. The fraction of sp³-hybridized carbons (Fsp3) is 0.321. The van der Waals surface area contributed by atoms with Gasteiger partial charge in [-0.1, -0.05) is 24.3 Å². The summed E-state index contributed by atoms with van der Waals surface area (Å²) in [5.74, 6) is -2.54. The van der Waals surface area contributed by atoms with Gasteiger partial charge in [0.25, 0.3) is 5.91 Å². The number of methoxy groups -OCH3 is 1. The third-order valence-electron chi connectivity index (χ3n) is 7.53. The quantitative estimate of drug-likeness (QED) is 0.335. The molecule has 10 nitrogen and oxygen atoms in total. The van der Waals surface area contributed by atoms with Crippen LogP contribution in [0.15, 0.2) is 58.4 Å². The first-order chi connectivity index (χ1) is 19.8. The minimum Gasteiger partial charge on any atom is -0.451 e. The van der Waals surface area contributed by atoms with Crippen molar-refractivity contribution in [3.8, 4) is 5.75 Å². The highest BCUT2D eigenvalue weighted by molar-refractivity contribution is 7.98. The molecule has 3 aromatic rings. The number of hydrogen-bond acceptors (Lipinski definition) is 9. The van der Waals surface area contributed by atoms with Gasteiger partial charge in [-0.05, 0) is 30.2 Å². The van der Waals surface area contributed by atoms with Gasteiger partial charge in [-0.2, -0.15) is 0 Å². The van der Waals surface area contributed by atoms with Crippen LogP contribution in [0.5, 0.6) is 5.75 Å². The van der Waals surface area contributed by atoms with E-state index in [0.717, 1.165) is 23.6 Å². The molecule has 0 bridgehead atoms. The second kappa shape index (κ2) is 10.4. The van der Waals surface area contributed by atoms with Crippen LogP contribution < -0.4 is 15.2 Å². The number of rotatable bonds is 4. The molecule has 1 amide bonds. The van der Waals surface area contributed by atoms with E-state index in [2.05, 4.69) is 4.74 Å². The lowest BCUT2D eigenvalue weighted by molar-refractivity contribution is -0.0670. The third kappa shape index (κ3) is 4.30. The minimum absolute atomic E-state index is 0.0940. The molecule has 41 heavy (non-hydrogen) atoms. The number of fused-ring (bicyclic) bond motifs is 4. The molecule has 0 N–H and O–H groups in total. The number of amides is 1. The van der Waals surface area contributed by atoms with Crippen molar-refractivity contribution in [2.24, 2.45) is 0 Å². The SMILES string of the molecule is COC(=O)OCOc1c2n(ccc1=O)N([C@@H]1c3ccccc3SCc3c1ccc(F)c3F)[C@]1(C)COCCN1C2=O. The minimum atomic E-state index is -1.12. The highest BCUT2D eigenvalue weighted by atomic mass is 32.2. The Bertz CT molecular complexity index is 1620. The standard InChI is InChI=1S/C28H25F2N3O7S/c1-28-14-38-12-11-31(28)26(35)24-25(39-15-40-27(36)37-2)20(34)9-10-32(24)33(28)23-16-7-8-19(29)22(30)18(16)13-41-21-6-4-3-5-17(21)23/h3-10,23H,11-15H2,1-2H3/t23-,28+/m0/s1. The lowest BCUT2D eigenvalue weighted by Crippen LogP contribution is -2.73. The number of benzene rings is 2. The van der Waals surface area contributed by atoms with Crippen molar-refractivity contribution in [2.45, 2.75) is 29.3 Å². The molecule has 4 heterocycles. The summed E-state index contributed by atoms with van der Waals surface area (Å²) in [4.78, 5) is 41.0. The van der Waals surface area contributed by atoms with Crippen LogP contribution in [-0.4, -0.2) is 61.0 Å². The Balaban J connectivity index is 1.61. The van der Waals surface area contributed by atoms with Crippen LogP contribution in [0.1, 0.15) is 40.1 Å². The Morgan fingerprint density at radius 1 is 1.15 bits per heavy atom. The number of carbonyl (C=O) groups is 2. The zero-order valence-corrected chi connectivity index (χ0v) is 22.9. The van der Waals surface area contributed by atoms with Gasteiger partial charge in [0.15, 0.2) is 23.0 Å². The van der Waals surface area contributed by atoms with Crippen molar-refractivity contribution in [1.29, 1.82) is 0 Å². The summed E-state index contributed by atoms with van der Waals surface area (Å²) in [5.41, 5.74) is -0.339. The lowest BCUT2D eigenvalue weighted by atomic mass is 9.91. The van der Waals surface area contributed by atoms with E-state index in [1.165, 1.54) is 28.7 Å². The van der Waals surface area contributed by atoms with E-state index >= 15 is 4.39 Å². The number of ether oxygens (including phenoxy) is 4. The Hall–Kier alpha value is -4.10. The van der Waals surface area contributed by atoms with Crippen LogP contribution in [-0.2, 0) is 20.0 Å². The third-order valence-corrected chi connectivity index (χ3v) is 8.64. The highest BCUT2D eigenvalue weighted by Gasteiger charge is 2.53. The van der Waals surface area contributed by atoms with Crippen molar-refractivity contribution in [1.82, 2.24) is 9.58 Å². The Labute approximate surface area is 237 Å². The number of nitrogens with zero attached hydrogens (tertiary/aromatic N) is 3. The Kier molecular flexibility index (Phi) is 6.86. The van der Waals surface area contributed by atoms with Gasteiger partial charge >= 0.3 is 6.16 Å². The molecule has 1 saturated heterocycles. The molecule has 13 heteroatoms. The van der Waals surface area contributed by atoms with Crippen molar-refractivity contribution in [3.63, 3.8) is 0 Å². The van der Waals surface area contributed by atoms with Crippen LogP contribution >= 0.6 is 11.8 Å². The molecule has 3 aliphatic rings. The van der Waals surface area contributed by atoms with E-state index < -0.39 is 47.6 Å². The molecule has 0 unspecified atom stereocenters. The van der Waals surface area contributed by atoms with E-state index in [9.17, 15) is 18.8 Å². The number of thioether (sulfide) groups is 1. The predicted octanol–water partition coefficient (Wildman–Crippen LogP) is 3.78. The molecule has 3 aliphatic heterocycles. The molecule has 0 saturated carbocycles. The van der Waals surface area contributed by atoms with Gasteiger partial charge in [-0.15, -0.1) is 11.8 Å². The van der Waals surface area contributed by atoms with Crippen LogP contribution in [0.25, 0.3) is 0 Å². The topological polar surface area (TPSA) is 99.5 Å². The number of halogens is 2. The maximum atomic E-state index is 15.3. The van der Waals surface area contributed by atoms with E-state index in [0.29, 0.717) is 5.56 Å². The van der Waals surface area contributed by atoms with Crippen LogP contribution in [0.4, 0.5) is 13.6 Å². The van der Waals surface area contributed by atoms with Gasteiger partial charge in [0.2, 0.25) is 18.0 Å². The summed E-state index contributed by atoms with van der Waals surface area (Å²) in [6.07, 6.45) is 0.420. The first-order valence-electron chi connectivity index (χ1n) is 12.7. The summed E-state index contributed by atoms with van der Waals surface area (Å²) in [5, 5.41) is 1.84. The largest absolute Gasteiger partial charge is 0.510 e. The normalized spacial score (nSPS) is 21.2. The van der Waals surface area contributed by atoms with Gasteiger partial charge in [0.1, 0.15) is 0 Å². The number of pyridine rings is 1. The summed E-state index contributed by atoms with van der Waals surface area (Å²) in [7, 11) is 1.12. The Morgan fingerprint density at radius 3 is 2.76 bits per heavy atom. The van der Waals surface area contributed by atoms with Gasteiger partial charge < -0.3 is 23.8 Å². The van der Waals surface area contributed by atoms with Crippen molar-refractivity contribution >= 4 is 23.8 Å². The molecule has 1 fully saturated rings. The summed E-state index contributed by atoms with van der Waals surface area (Å²) in [6, 6.07) is 10.7. The first kappa shape index (κ1) is 27.1. The lowest BCUT2D eigenvalue weighted by Gasteiger charge is -2.58. The fourth-order valence-corrected chi connectivity index (χ4v) is 6.78. The number of hydrogen-bond donors (Lipinski definition) is 0. The smallest absolute Gasteiger partial charge is 0.451 e. The molecule has 214 valence electrons. The van der Waals surface area contributed by atoms with Gasteiger partial charge in [0, 0.05) is 35.0 Å². The van der Waals surface area contributed by atoms with E-state index in [1.807, 2.05) is 36.2 Å². The molecule has 2 aromatic carbocycles. The van der Waals surface area contributed by atoms with Crippen LogP contribution in [0, 0.1) is 11.6 Å². The zero-order valence-electron chi connectivity index (χ0n) is 22.1. The molecule has 1 aromatic heterocycles. The van der Waals surface area contributed by atoms with E-state index in [1.54, 1.807) is 11.0 Å². The zero-order chi connectivity index (χ0) is 28.9. The summed E-state index contributed by atoms with van der Waals surface area (Å²) >= 11 is 1.39. The highest BCUT2D eigenvalue weighted by Crippen LogP contribution is 2.47. The molecule has 0 radical (unpaired) electrons. The predicted molar refractivity (Wildman–Crippen MR) is 142 cm³/mol. The molecule has 6 rings (SSSR count). The molecular formula is C28H25F2N3O7S. The average molecular weight is 586 g/mol. The summed E-state index contributed by atoms with van der Waals surface area (Å²) in [6.45, 7) is 1.69. The monoisotopic (exact) mass is 585 g/mol. The van der Waals surface area contributed by atoms with Gasteiger partial charge in [-0.3, -0.25) is 19.3 Å². The summed E-state index contributed by atoms with van der Waals surface area (Å²) < 4.78 is 52.0.